The molecule has 0 rings (SSSR count). The average Bonchev–Trinajstić information content (AvgIpc) is 2.29. The van der Waals surface area contributed by atoms with Gasteiger partial charge in [-0.1, -0.05) is 6.92 Å². The summed E-state index contributed by atoms with van der Waals surface area (Å²) in [6.45, 7) is 6.29. The number of carbonyl (C=O) groups excluding carboxylic acids is 1. The summed E-state index contributed by atoms with van der Waals surface area (Å²) in [7, 11) is 0. The minimum absolute atomic E-state index is 0.149. The molecule has 0 amide bonds. The Hall–Kier alpha value is 0.619. The van der Waals surface area contributed by atoms with Gasteiger partial charge < -0.3 is 4.18 Å². The van der Waals surface area contributed by atoms with E-state index in [1.165, 1.54) is 25.7 Å². The summed E-state index contributed by atoms with van der Waals surface area (Å²) in [5.74, 6) is -0.293. The van der Waals surface area contributed by atoms with Gasteiger partial charge in [-0.2, -0.15) is 0 Å². The zero-order chi connectivity index (χ0) is 11.9. The summed E-state index contributed by atoms with van der Waals surface area (Å²) in [5, 5.41) is 0. The molecule has 4 heteroatoms. The fourth-order valence-electron chi connectivity index (χ4n) is 0.793. The molecule has 2 radical (unpaired) electrons. The standard InChI is InChI=1S/2C4H9.C3H6O2S.Sn/c2*1-3-4-2;1-2-3(4)5-6;/h2*1,3-4H2,2H3;6H,2H2,1H3;. The van der Waals surface area contributed by atoms with Crippen LogP contribution in [0.15, 0.2) is 0 Å². The van der Waals surface area contributed by atoms with Crippen molar-refractivity contribution in [3.63, 3.8) is 0 Å². The normalized spacial score (nSPS) is 9.07. The molecule has 0 aliphatic rings. The van der Waals surface area contributed by atoms with Gasteiger partial charge in [0, 0.05) is 19.3 Å². The fourth-order valence-corrected chi connectivity index (χ4v) is 5.08. The Bertz CT molecular complexity index is 120. The molecule has 0 aromatic heterocycles. The molecule has 0 saturated heterocycles. The molecule has 0 aliphatic carbocycles. The Labute approximate surface area is 110 Å². The van der Waals surface area contributed by atoms with E-state index in [4.69, 9.17) is 0 Å². The van der Waals surface area contributed by atoms with Crippen molar-refractivity contribution in [2.75, 3.05) is 0 Å². The van der Waals surface area contributed by atoms with Crippen LogP contribution in [0.5, 0.6) is 0 Å². The van der Waals surface area contributed by atoms with Crippen molar-refractivity contribution < 1.29 is 8.98 Å². The first-order chi connectivity index (χ1) is 7.22. The summed E-state index contributed by atoms with van der Waals surface area (Å²) in [5.41, 5.74) is 0. The summed E-state index contributed by atoms with van der Waals surface area (Å²) in [4.78, 5) is 9.88. The first-order valence-electron chi connectivity index (χ1n) is 5.77. The molecule has 15 heavy (non-hydrogen) atoms. The van der Waals surface area contributed by atoms with Gasteiger partial charge in [-0.25, -0.2) is 0 Å². The Balaban J connectivity index is 0. The number of thiol groups is 1. The van der Waals surface area contributed by atoms with E-state index in [-0.39, 0.29) is 27.1 Å². The molecule has 0 heterocycles. The van der Waals surface area contributed by atoms with Crippen LogP contribution in [0.4, 0.5) is 0 Å². The molecular weight excluding hydrogens is 315 g/mol. The van der Waals surface area contributed by atoms with Crippen LogP contribution in [0.25, 0.3) is 0 Å². The van der Waals surface area contributed by atoms with Crippen molar-refractivity contribution in [2.24, 2.45) is 0 Å². The minimum atomic E-state index is -0.293. The van der Waals surface area contributed by atoms with Crippen molar-refractivity contribution in [3.05, 3.63) is 0 Å². The van der Waals surface area contributed by atoms with Crippen LogP contribution in [-0.2, 0) is 8.98 Å². The van der Waals surface area contributed by atoms with Crippen LogP contribution < -0.4 is 0 Å². The van der Waals surface area contributed by atoms with E-state index in [1.54, 1.807) is 15.8 Å². The second-order valence-corrected chi connectivity index (χ2v) is 7.74. The molecule has 0 saturated carbocycles. The van der Waals surface area contributed by atoms with Gasteiger partial charge in [0.2, 0.25) is 0 Å². The SMILES string of the molecule is CCC(=O)OS.CCC[CH2][Sn][CH2]CCC. The van der Waals surface area contributed by atoms with E-state index in [0.717, 1.165) is 0 Å². The quantitative estimate of drug-likeness (QED) is 0.329. The molecule has 0 fully saturated rings. The molecule has 0 spiro atoms. The van der Waals surface area contributed by atoms with Crippen LogP contribution in [0.1, 0.15) is 52.9 Å². The van der Waals surface area contributed by atoms with Crippen molar-refractivity contribution in [1.82, 2.24) is 0 Å². The maximum absolute atomic E-state index is 9.88. The van der Waals surface area contributed by atoms with E-state index < -0.39 is 0 Å². The van der Waals surface area contributed by atoms with Crippen LogP contribution >= 0.6 is 12.9 Å². The predicted molar refractivity (Wildman–Crippen MR) is 70.6 cm³/mol. The summed E-state index contributed by atoms with van der Waals surface area (Å²) < 4.78 is 7.20. The summed E-state index contributed by atoms with van der Waals surface area (Å²) in [6.07, 6.45) is 6.23. The summed E-state index contributed by atoms with van der Waals surface area (Å²) in [6, 6.07) is 0. The third-order valence-corrected chi connectivity index (χ3v) is 6.04. The average molecular weight is 339 g/mol. The maximum atomic E-state index is 9.88. The Morgan fingerprint density at radius 1 is 1.13 bits per heavy atom. The van der Waals surface area contributed by atoms with Crippen LogP contribution in [0, 0.1) is 0 Å². The van der Waals surface area contributed by atoms with E-state index in [1.807, 2.05) is 0 Å². The zero-order valence-electron chi connectivity index (χ0n) is 10.2. The number of carbonyl (C=O) groups is 1. The monoisotopic (exact) mass is 340 g/mol. The third-order valence-electron chi connectivity index (χ3n) is 1.80. The molecule has 0 N–H and O–H groups in total. The van der Waals surface area contributed by atoms with Gasteiger partial charge in [0.05, 0.1) is 0 Å². The van der Waals surface area contributed by atoms with Crippen molar-refractivity contribution in [2.45, 2.75) is 61.7 Å². The van der Waals surface area contributed by atoms with E-state index >= 15 is 0 Å². The second-order valence-electron chi connectivity index (χ2n) is 3.27. The van der Waals surface area contributed by atoms with Gasteiger partial charge in [-0.05, 0) is 0 Å². The van der Waals surface area contributed by atoms with Crippen molar-refractivity contribution >= 4 is 40.0 Å². The first kappa shape index (κ1) is 18.0. The van der Waals surface area contributed by atoms with Crippen molar-refractivity contribution in [1.29, 1.82) is 0 Å². The van der Waals surface area contributed by atoms with Crippen molar-refractivity contribution in [3.8, 4) is 0 Å². The van der Waals surface area contributed by atoms with Gasteiger partial charge >= 0.3 is 75.5 Å². The predicted octanol–water partition coefficient (Wildman–Crippen LogP) is 3.91. The van der Waals surface area contributed by atoms with Crippen LogP contribution in [0.3, 0.4) is 0 Å². The second kappa shape index (κ2) is 17.0. The molecule has 2 nitrogen and oxygen atoms in total. The molecule has 0 atom stereocenters. The van der Waals surface area contributed by atoms with Gasteiger partial charge in [0.1, 0.15) is 0 Å². The number of hydrogen-bond acceptors (Lipinski definition) is 3. The number of unbranched alkanes of at least 4 members (excludes halogenated alkanes) is 2. The van der Waals surface area contributed by atoms with E-state index in [9.17, 15) is 4.79 Å². The van der Waals surface area contributed by atoms with Crippen LogP contribution in [0.2, 0.25) is 8.87 Å². The molecule has 0 aromatic carbocycles. The van der Waals surface area contributed by atoms with Gasteiger partial charge in [0.25, 0.3) is 0 Å². The number of hydrogen-bond donors (Lipinski definition) is 1. The molecule has 0 bridgehead atoms. The van der Waals surface area contributed by atoms with E-state index in [0.29, 0.717) is 6.42 Å². The number of rotatable bonds is 7. The Morgan fingerprint density at radius 3 is 1.80 bits per heavy atom. The molecule has 0 aromatic rings. The van der Waals surface area contributed by atoms with E-state index in [2.05, 4.69) is 30.9 Å². The molecule has 0 aliphatic heterocycles. The Kier molecular flexibility index (Phi) is 20.4. The van der Waals surface area contributed by atoms with Gasteiger partial charge in [-0.15, -0.1) is 0 Å². The summed E-state index contributed by atoms with van der Waals surface area (Å²) >= 11 is 3.40. The van der Waals surface area contributed by atoms with Crippen LogP contribution in [-0.4, -0.2) is 27.1 Å². The zero-order valence-corrected chi connectivity index (χ0v) is 14.0. The topological polar surface area (TPSA) is 26.3 Å². The fraction of sp³-hybridized carbons (Fsp3) is 0.909. The third kappa shape index (κ3) is 20.6. The van der Waals surface area contributed by atoms with Gasteiger partial charge in [0.15, 0.2) is 0 Å². The first-order valence-corrected chi connectivity index (χ1v) is 10.2. The molecule has 90 valence electrons. The molecule has 0 unspecified atom stereocenters. The molecular formula is C11H24O2SSn. The Morgan fingerprint density at radius 2 is 1.60 bits per heavy atom. The van der Waals surface area contributed by atoms with Gasteiger partial charge in [-0.3, -0.25) is 4.79 Å².